The molecule has 0 radical (unpaired) electrons. The molecule has 2 aliphatic rings. The molecule has 0 saturated carbocycles. The highest BCUT2D eigenvalue weighted by molar-refractivity contribution is 7.89. The van der Waals surface area contributed by atoms with E-state index in [1.54, 1.807) is 0 Å². The first-order valence-electron chi connectivity index (χ1n) is 11.5. The Kier molecular flexibility index (Phi) is 7.82. The zero-order valence-corrected chi connectivity index (χ0v) is 19.7. The number of aliphatic hydroxyl groups is 1. The van der Waals surface area contributed by atoms with Gasteiger partial charge in [-0.15, -0.1) is 0 Å². The van der Waals surface area contributed by atoms with Crippen molar-refractivity contribution in [2.24, 2.45) is 0 Å². The number of benzene rings is 2. The molecule has 2 fully saturated rings. The summed E-state index contributed by atoms with van der Waals surface area (Å²) in [4.78, 5) is 16.9. The summed E-state index contributed by atoms with van der Waals surface area (Å²) in [7, 11) is -3.89. The van der Waals surface area contributed by atoms with E-state index in [1.165, 1.54) is 12.1 Å². The highest BCUT2D eigenvalue weighted by Crippen LogP contribution is 2.25. The number of hydrogen-bond acceptors (Lipinski definition) is 6. The Hall–Kier alpha value is -2.53. The maximum atomic E-state index is 13.1. The van der Waals surface area contributed by atoms with Crippen LogP contribution in [-0.4, -0.2) is 75.4 Å². The highest BCUT2D eigenvalue weighted by Gasteiger charge is 2.35. The van der Waals surface area contributed by atoms with Crippen molar-refractivity contribution < 1.29 is 27.4 Å². The molecule has 2 aliphatic heterocycles. The molecule has 2 saturated heterocycles. The average molecular weight is 492 g/mol. The molecule has 2 aromatic rings. The molecule has 0 aromatic heterocycles. The summed E-state index contributed by atoms with van der Waals surface area (Å²) in [6.45, 7) is 2.40. The van der Waals surface area contributed by atoms with Gasteiger partial charge in [0.1, 0.15) is 5.82 Å². The van der Waals surface area contributed by atoms with E-state index in [4.69, 9.17) is 4.74 Å². The Morgan fingerprint density at radius 2 is 1.71 bits per heavy atom. The molecule has 2 N–H and O–H groups in total. The maximum Gasteiger partial charge on any atom is 0.240 e. The summed E-state index contributed by atoms with van der Waals surface area (Å²) in [6.07, 6.45) is -0.0481. The molecule has 0 spiro atoms. The van der Waals surface area contributed by atoms with Gasteiger partial charge >= 0.3 is 0 Å². The van der Waals surface area contributed by atoms with E-state index in [9.17, 15) is 22.7 Å². The van der Waals surface area contributed by atoms with Crippen molar-refractivity contribution in [1.82, 2.24) is 9.62 Å². The second-order valence-corrected chi connectivity index (χ2v) is 10.4. The lowest BCUT2D eigenvalue weighted by Gasteiger charge is -2.38. The lowest BCUT2D eigenvalue weighted by molar-refractivity contribution is -0.140. The van der Waals surface area contributed by atoms with E-state index < -0.39 is 28.0 Å². The SMILES string of the molecule is O=C(C[C@@H]1CC[C@H](NS(=O)(=O)c2ccc(F)cc2)[C@@H](CO)O1)N1CCN(c2ccccc2)CC1. The van der Waals surface area contributed by atoms with E-state index >= 15 is 0 Å². The van der Waals surface area contributed by atoms with Crippen molar-refractivity contribution in [3.63, 3.8) is 0 Å². The summed E-state index contributed by atoms with van der Waals surface area (Å²) >= 11 is 0. The maximum absolute atomic E-state index is 13.1. The van der Waals surface area contributed by atoms with Gasteiger partial charge in [-0.05, 0) is 49.2 Å². The number of rotatable bonds is 7. The highest BCUT2D eigenvalue weighted by atomic mass is 32.2. The largest absolute Gasteiger partial charge is 0.394 e. The Morgan fingerprint density at radius 3 is 2.35 bits per heavy atom. The van der Waals surface area contributed by atoms with Crippen molar-refractivity contribution in [2.75, 3.05) is 37.7 Å². The van der Waals surface area contributed by atoms with Gasteiger partial charge in [-0.3, -0.25) is 4.79 Å². The van der Waals surface area contributed by atoms with E-state index in [0.717, 1.165) is 30.9 Å². The third kappa shape index (κ3) is 5.93. The number of para-hydroxylation sites is 1. The third-order valence-electron chi connectivity index (χ3n) is 6.38. The number of nitrogens with zero attached hydrogens (tertiary/aromatic N) is 2. The second-order valence-electron chi connectivity index (χ2n) is 8.65. The van der Waals surface area contributed by atoms with Crippen molar-refractivity contribution >= 4 is 21.6 Å². The number of ether oxygens (including phenoxy) is 1. The summed E-state index contributed by atoms with van der Waals surface area (Å²) in [5, 5.41) is 9.79. The Labute approximate surface area is 199 Å². The molecule has 1 amide bonds. The fourth-order valence-electron chi connectivity index (χ4n) is 4.47. The number of hydrogen-bond donors (Lipinski definition) is 2. The van der Waals surface area contributed by atoms with Gasteiger partial charge in [0.15, 0.2) is 0 Å². The molecule has 0 aliphatic carbocycles. The summed E-state index contributed by atoms with van der Waals surface area (Å²) in [6, 6.07) is 14.0. The van der Waals surface area contributed by atoms with Gasteiger partial charge in [0.2, 0.25) is 15.9 Å². The van der Waals surface area contributed by atoms with Crippen LogP contribution in [0.3, 0.4) is 0 Å². The van der Waals surface area contributed by atoms with Crippen LogP contribution < -0.4 is 9.62 Å². The minimum absolute atomic E-state index is 0.000237. The fourth-order valence-corrected chi connectivity index (χ4v) is 5.77. The van der Waals surface area contributed by atoms with Crippen LogP contribution in [0.1, 0.15) is 19.3 Å². The predicted molar refractivity (Wildman–Crippen MR) is 125 cm³/mol. The zero-order valence-electron chi connectivity index (χ0n) is 18.8. The van der Waals surface area contributed by atoms with E-state index in [2.05, 4.69) is 21.8 Å². The molecular weight excluding hydrogens is 461 g/mol. The van der Waals surface area contributed by atoms with E-state index in [0.29, 0.717) is 25.9 Å². The molecular formula is C24H30FN3O5S. The van der Waals surface area contributed by atoms with Gasteiger partial charge in [0, 0.05) is 31.9 Å². The van der Waals surface area contributed by atoms with Crippen LogP contribution in [0.4, 0.5) is 10.1 Å². The number of carbonyl (C=O) groups excluding carboxylic acids is 1. The Bertz CT molecular complexity index is 1060. The summed E-state index contributed by atoms with van der Waals surface area (Å²) in [5.41, 5.74) is 1.14. The normalized spacial score (nSPS) is 23.6. The standard InChI is InChI=1S/C24H30FN3O5S/c25-18-6-9-21(10-7-18)34(31,32)26-22-11-8-20(33-23(22)17-29)16-24(30)28-14-12-27(13-15-28)19-4-2-1-3-5-19/h1-7,9-10,20,22-23,26,29H,8,11-17H2/t20-,22-,23+/m0/s1. The first-order valence-corrected chi connectivity index (χ1v) is 13.0. The van der Waals surface area contributed by atoms with E-state index in [-0.39, 0.29) is 29.9 Å². The molecule has 0 unspecified atom stereocenters. The summed E-state index contributed by atoms with van der Waals surface area (Å²) < 4.78 is 46.9. The first kappa shape index (κ1) is 24.6. The number of anilines is 1. The molecule has 34 heavy (non-hydrogen) atoms. The van der Waals surface area contributed by atoms with Gasteiger partial charge in [0.05, 0.1) is 36.2 Å². The Morgan fingerprint density at radius 1 is 1.03 bits per heavy atom. The fraction of sp³-hybridized carbons (Fsp3) is 0.458. The van der Waals surface area contributed by atoms with Gasteiger partial charge in [-0.2, -0.15) is 0 Å². The molecule has 2 aromatic carbocycles. The lowest BCUT2D eigenvalue weighted by Crippen LogP contribution is -2.52. The third-order valence-corrected chi connectivity index (χ3v) is 7.89. The van der Waals surface area contributed by atoms with Gasteiger partial charge in [-0.25, -0.2) is 17.5 Å². The molecule has 3 atom stereocenters. The molecule has 184 valence electrons. The van der Waals surface area contributed by atoms with Crippen LogP contribution in [0.25, 0.3) is 0 Å². The van der Waals surface area contributed by atoms with Crippen LogP contribution in [-0.2, 0) is 19.6 Å². The number of aliphatic hydroxyl groups excluding tert-OH is 1. The first-order chi connectivity index (χ1) is 16.4. The average Bonchev–Trinajstić information content (AvgIpc) is 2.85. The minimum atomic E-state index is -3.89. The van der Waals surface area contributed by atoms with Gasteiger partial charge in [0.25, 0.3) is 0 Å². The van der Waals surface area contributed by atoms with Crippen LogP contribution in [0.15, 0.2) is 59.5 Å². The van der Waals surface area contributed by atoms with Crippen molar-refractivity contribution in [3.8, 4) is 0 Å². The van der Waals surface area contributed by atoms with Crippen molar-refractivity contribution in [3.05, 3.63) is 60.4 Å². The van der Waals surface area contributed by atoms with Gasteiger partial charge < -0.3 is 19.6 Å². The van der Waals surface area contributed by atoms with Crippen LogP contribution >= 0.6 is 0 Å². The Balaban J connectivity index is 1.28. The number of amides is 1. The number of sulfonamides is 1. The predicted octanol–water partition coefficient (Wildman–Crippen LogP) is 1.75. The number of piperazine rings is 1. The zero-order chi connectivity index (χ0) is 24.1. The minimum Gasteiger partial charge on any atom is -0.394 e. The molecule has 10 heteroatoms. The number of carbonyl (C=O) groups is 1. The molecule has 2 heterocycles. The van der Waals surface area contributed by atoms with E-state index in [1.807, 2.05) is 23.1 Å². The van der Waals surface area contributed by atoms with Crippen LogP contribution in [0, 0.1) is 5.82 Å². The monoisotopic (exact) mass is 491 g/mol. The van der Waals surface area contributed by atoms with Crippen molar-refractivity contribution in [2.45, 2.75) is 42.4 Å². The quantitative estimate of drug-likeness (QED) is 0.612. The second kappa shape index (κ2) is 10.8. The molecule has 4 rings (SSSR count). The molecule has 8 nitrogen and oxygen atoms in total. The van der Waals surface area contributed by atoms with Crippen LogP contribution in [0.5, 0.6) is 0 Å². The van der Waals surface area contributed by atoms with Crippen LogP contribution in [0.2, 0.25) is 0 Å². The smallest absolute Gasteiger partial charge is 0.240 e. The lowest BCUT2D eigenvalue weighted by atomic mass is 9.97. The topological polar surface area (TPSA) is 99.2 Å². The summed E-state index contributed by atoms with van der Waals surface area (Å²) in [5.74, 6) is -0.526. The molecule has 0 bridgehead atoms. The van der Waals surface area contributed by atoms with Crippen molar-refractivity contribution in [1.29, 1.82) is 0 Å². The van der Waals surface area contributed by atoms with Gasteiger partial charge in [-0.1, -0.05) is 18.2 Å². The number of nitrogens with one attached hydrogen (secondary N) is 1. The number of halogens is 1.